The van der Waals surface area contributed by atoms with Crippen molar-refractivity contribution in [1.82, 2.24) is 4.90 Å². The Hall–Kier alpha value is -2.08. The van der Waals surface area contributed by atoms with Gasteiger partial charge in [0.05, 0.1) is 12.7 Å². The van der Waals surface area contributed by atoms with Crippen LogP contribution < -0.4 is 4.74 Å². The molecule has 0 bridgehead atoms. The van der Waals surface area contributed by atoms with Gasteiger partial charge in [-0.05, 0) is 35.9 Å². The van der Waals surface area contributed by atoms with Crippen molar-refractivity contribution in [2.75, 3.05) is 14.2 Å². The highest BCUT2D eigenvalue weighted by Gasteiger charge is 2.17. The highest BCUT2D eigenvalue weighted by Crippen LogP contribution is 2.24. The number of amides is 1. The summed E-state index contributed by atoms with van der Waals surface area (Å²) in [5.41, 5.74) is 0.814. The van der Waals surface area contributed by atoms with Gasteiger partial charge in [-0.15, -0.1) is 0 Å². The molecule has 0 atom stereocenters. The number of carbonyl (C=O) groups excluding carboxylic acids is 1. The predicted octanol–water partition coefficient (Wildman–Crippen LogP) is 3.57. The molecule has 0 heterocycles. The smallest absolute Gasteiger partial charge is 0.257 e. The van der Waals surface area contributed by atoms with E-state index in [9.17, 15) is 14.3 Å². The zero-order valence-corrected chi connectivity index (χ0v) is 13.7. The average molecular weight is 368 g/mol. The summed E-state index contributed by atoms with van der Waals surface area (Å²) < 4.78 is 19.2. The summed E-state index contributed by atoms with van der Waals surface area (Å²) in [6, 6.07) is 9.15. The van der Waals surface area contributed by atoms with Crippen molar-refractivity contribution >= 4 is 21.8 Å². The van der Waals surface area contributed by atoms with Gasteiger partial charge in [0, 0.05) is 18.1 Å². The fourth-order valence-electron chi connectivity index (χ4n) is 2.04. The van der Waals surface area contributed by atoms with Crippen LogP contribution in [0.5, 0.6) is 11.5 Å². The topological polar surface area (TPSA) is 49.8 Å². The van der Waals surface area contributed by atoms with Crippen molar-refractivity contribution < 1.29 is 19.0 Å². The van der Waals surface area contributed by atoms with Gasteiger partial charge in [-0.25, -0.2) is 4.39 Å². The fraction of sp³-hybridized carbons (Fsp3) is 0.188. The maximum Gasteiger partial charge on any atom is 0.257 e. The number of hydrogen-bond donors (Lipinski definition) is 1. The zero-order chi connectivity index (χ0) is 16.3. The van der Waals surface area contributed by atoms with Gasteiger partial charge >= 0.3 is 0 Å². The monoisotopic (exact) mass is 367 g/mol. The van der Waals surface area contributed by atoms with Crippen molar-refractivity contribution in [2.45, 2.75) is 6.54 Å². The Morgan fingerprint density at radius 3 is 2.68 bits per heavy atom. The number of nitrogens with zero attached hydrogens (tertiary/aromatic N) is 1. The second-order valence-corrected chi connectivity index (χ2v) is 5.71. The maximum atomic E-state index is 13.7. The average Bonchev–Trinajstić information content (AvgIpc) is 2.49. The molecule has 0 unspecified atom stereocenters. The minimum Gasteiger partial charge on any atom is -0.507 e. The maximum absolute atomic E-state index is 13.7. The van der Waals surface area contributed by atoms with Crippen molar-refractivity contribution in [3.8, 4) is 11.5 Å². The van der Waals surface area contributed by atoms with Crippen LogP contribution in [0.2, 0.25) is 0 Å². The number of phenols is 1. The minimum atomic E-state index is -0.480. The number of aromatic hydroxyl groups is 1. The lowest BCUT2D eigenvalue weighted by Crippen LogP contribution is -2.26. The summed E-state index contributed by atoms with van der Waals surface area (Å²) in [7, 11) is 2.98. The minimum absolute atomic E-state index is 0.0963. The van der Waals surface area contributed by atoms with Gasteiger partial charge in [-0.3, -0.25) is 4.79 Å². The van der Waals surface area contributed by atoms with Crippen molar-refractivity contribution in [2.24, 2.45) is 0 Å². The van der Waals surface area contributed by atoms with Gasteiger partial charge in [-0.2, -0.15) is 0 Å². The van der Waals surface area contributed by atoms with Crippen LogP contribution in [0, 0.1) is 5.82 Å². The Kier molecular flexibility index (Phi) is 5.03. The van der Waals surface area contributed by atoms with Crippen LogP contribution in [0.3, 0.4) is 0 Å². The van der Waals surface area contributed by atoms with E-state index in [-0.39, 0.29) is 29.5 Å². The fourth-order valence-corrected chi connectivity index (χ4v) is 2.40. The number of halogens is 2. The first-order valence-corrected chi connectivity index (χ1v) is 7.28. The summed E-state index contributed by atoms with van der Waals surface area (Å²) in [5, 5.41) is 9.79. The Morgan fingerprint density at radius 2 is 2.05 bits per heavy atom. The van der Waals surface area contributed by atoms with Crippen LogP contribution in [0.25, 0.3) is 0 Å². The first-order valence-electron chi connectivity index (χ1n) is 6.48. The summed E-state index contributed by atoms with van der Waals surface area (Å²) in [4.78, 5) is 13.8. The van der Waals surface area contributed by atoms with E-state index in [1.54, 1.807) is 25.2 Å². The number of phenolic OH excluding ortho intramolecular Hbond substituents is 1. The molecule has 0 aliphatic heterocycles. The third kappa shape index (κ3) is 3.57. The third-order valence-corrected chi connectivity index (χ3v) is 3.66. The summed E-state index contributed by atoms with van der Waals surface area (Å²) in [6.45, 7) is 0.214. The highest BCUT2D eigenvalue weighted by atomic mass is 79.9. The normalized spacial score (nSPS) is 10.4. The molecule has 0 saturated carbocycles. The van der Waals surface area contributed by atoms with Crippen molar-refractivity contribution in [3.05, 3.63) is 57.8 Å². The molecular weight excluding hydrogens is 353 g/mol. The van der Waals surface area contributed by atoms with Crippen LogP contribution in [0.1, 0.15) is 15.9 Å². The molecule has 4 nitrogen and oxygen atoms in total. The number of benzene rings is 2. The molecule has 0 aromatic heterocycles. The lowest BCUT2D eigenvalue weighted by atomic mass is 10.1. The molecule has 0 fully saturated rings. The molecule has 2 rings (SSSR count). The van der Waals surface area contributed by atoms with Gasteiger partial charge in [0.1, 0.15) is 5.75 Å². The van der Waals surface area contributed by atoms with Crippen LogP contribution in [-0.4, -0.2) is 30.1 Å². The van der Waals surface area contributed by atoms with E-state index in [1.807, 2.05) is 0 Å². The van der Waals surface area contributed by atoms with E-state index < -0.39 is 5.82 Å². The van der Waals surface area contributed by atoms with Crippen LogP contribution in [0.15, 0.2) is 40.9 Å². The lowest BCUT2D eigenvalue weighted by Gasteiger charge is -2.18. The highest BCUT2D eigenvalue weighted by molar-refractivity contribution is 9.10. The Balaban J connectivity index is 2.18. The Labute approximate surface area is 136 Å². The number of rotatable bonds is 4. The van der Waals surface area contributed by atoms with Crippen LogP contribution in [-0.2, 0) is 6.54 Å². The van der Waals surface area contributed by atoms with Gasteiger partial charge in [0.15, 0.2) is 11.6 Å². The SMILES string of the molecule is COc1ccc(CN(C)C(=O)c2cc(Br)ccc2O)cc1F. The molecule has 22 heavy (non-hydrogen) atoms. The molecule has 1 N–H and O–H groups in total. The Bertz CT molecular complexity index is 706. The second kappa shape index (κ2) is 6.79. The number of hydrogen-bond acceptors (Lipinski definition) is 3. The first kappa shape index (κ1) is 16.3. The molecule has 0 saturated heterocycles. The molecular formula is C16H15BrFNO3. The number of carbonyl (C=O) groups is 1. The van der Waals surface area contributed by atoms with Gasteiger partial charge < -0.3 is 14.7 Å². The van der Waals surface area contributed by atoms with Crippen LogP contribution in [0.4, 0.5) is 4.39 Å². The third-order valence-electron chi connectivity index (χ3n) is 3.17. The molecule has 116 valence electrons. The number of ether oxygens (including phenoxy) is 1. The van der Waals surface area contributed by atoms with E-state index in [2.05, 4.69) is 15.9 Å². The van der Waals surface area contributed by atoms with E-state index in [0.29, 0.717) is 10.0 Å². The molecule has 1 amide bonds. The van der Waals surface area contributed by atoms with Gasteiger partial charge in [0.25, 0.3) is 5.91 Å². The Morgan fingerprint density at radius 1 is 1.32 bits per heavy atom. The standard InChI is InChI=1S/C16H15BrFNO3/c1-19(9-10-3-6-15(22-2)13(18)7-10)16(21)12-8-11(17)4-5-14(12)20/h3-8,20H,9H2,1-2H3. The zero-order valence-electron chi connectivity index (χ0n) is 12.1. The molecule has 2 aromatic rings. The van der Waals surface area contributed by atoms with Crippen molar-refractivity contribution in [1.29, 1.82) is 0 Å². The van der Waals surface area contributed by atoms with E-state index >= 15 is 0 Å². The van der Waals surface area contributed by atoms with Gasteiger partial charge in [-0.1, -0.05) is 22.0 Å². The molecule has 0 aliphatic carbocycles. The molecule has 0 spiro atoms. The molecule has 0 aliphatic rings. The molecule has 0 radical (unpaired) electrons. The summed E-state index contributed by atoms with van der Waals surface area (Å²) in [5.74, 6) is -0.774. The summed E-state index contributed by atoms with van der Waals surface area (Å²) >= 11 is 3.26. The summed E-state index contributed by atoms with van der Waals surface area (Å²) in [6.07, 6.45) is 0. The van der Waals surface area contributed by atoms with Gasteiger partial charge in [0.2, 0.25) is 0 Å². The molecule has 2 aromatic carbocycles. The lowest BCUT2D eigenvalue weighted by molar-refractivity contribution is 0.0782. The van der Waals surface area contributed by atoms with Crippen molar-refractivity contribution in [3.63, 3.8) is 0 Å². The first-order chi connectivity index (χ1) is 10.4. The number of methoxy groups -OCH3 is 1. The second-order valence-electron chi connectivity index (χ2n) is 4.79. The van der Waals surface area contributed by atoms with E-state index in [0.717, 1.165) is 0 Å². The largest absolute Gasteiger partial charge is 0.507 e. The quantitative estimate of drug-likeness (QED) is 0.898. The van der Waals surface area contributed by atoms with E-state index in [4.69, 9.17) is 4.74 Å². The molecule has 6 heteroatoms. The van der Waals surface area contributed by atoms with E-state index in [1.165, 1.54) is 30.2 Å². The van der Waals surface area contributed by atoms with Crippen LogP contribution >= 0.6 is 15.9 Å². The predicted molar refractivity (Wildman–Crippen MR) is 84.6 cm³/mol.